The predicted octanol–water partition coefficient (Wildman–Crippen LogP) is 5.98. The van der Waals surface area contributed by atoms with Crippen molar-refractivity contribution in [3.63, 3.8) is 0 Å². The molecule has 1 nitrogen and oxygen atoms in total. The van der Waals surface area contributed by atoms with Crippen LogP contribution in [0.1, 0.15) is 24.3 Å². The van der Waals surface area contributed by atoms with Crippen LogP contribution in [-0.2, 0) is 0 Å². The first-order valence-corrected chi connectivity index (χ1v) is 8.20. The molecule has 0 radical (unpaired) electrons. The molecule has 1 heterocycles. The van der Waals surface area contributed by atoms with Crippen LogP contribution in [-0.4, -0.2) is 0 Å². The summed E-state index contributed by atoms with van der Waals surface area (Å²) in [6.45, 7) is 2.22. The summed E-state index contributed by atoms with van der Waals surface area (Å²) in [4.78, 5) is 1.39. The molecule has 2 aromatic carbocycles. The molecule has 0 aliphatic carbocycles. The van der Waals surface area contributed by atoms with Crippen LogP contribution in [0.3, 0.4) is 0 Å². The van der Waals surface area contributed by atoms with Crippen LogP contribution in [0.25, 0.3) is 11.1 Å². The van der Waals surface area contributed by atoms with Gasteiger partial charge in [0.15, 0.2) is 0 Å². The van der Waals surface area contributed by atoms with E-state index >= 15 is 0 Å². The second kappa shape index (κ2) is 6.59. The lowest BCUT2D eigenvalue weighted by molar-refractivity contribution is 0.764. The normalized spacial score (nSPS) is 12.0. The number of nitrogens with one attached hydrogen (secondary N) is 1. The van der Waals surface area contributed by atoms with Gasteiger partial charge in [-0.15, -0.1) is 11.3 Å². The Balaban J connectivity index is 1.75. The van der Waals surface area contributed by atoms with Crippen LogP contribution in [0.15, 0.2) is 72.1 Å². The maximum absolute atomic E-state index is 3.62. The van der Waals surface area contributed by atoms with E-state index in [0.717, 1.165) is 6.42 Å². The molecular weight excluding hydrogens is 274 g/mol. The fourth-order valence-corrected chi connectivity index (χ4v) is 3.32. The first-order valence-electron chi connectivity index (χ1n) is 7.32. The van der Waals surface area contributed by atoms with Gasteiger partial charge in [-0.1, -0.05) is 55.5 Å². The Morgan fingerprint density at radius 2 is 1.57 bits per heavy atom. The molecule has 0 fully saturated rings. The average molecular weight is 293 g/mol. The number of hydrogen-bond donors (Lipinski definition) is 1. The van der Waals surface area contributed by atoms with Crippen LogP contribution in [0, 0.1) is 0 Å². The zero-order chi connectivity index (χ0) is 14.5. The monoisotopic (exact) mass is 293 g/mol. The van der Waals surface area contributed by atoms with Gasteiger partial charge in [0.25, 0.3) is 0 Å². The van der Waals surface area contributed by atoms with Crippen molar-refractivity contribution >= 4 is 17.0 Å². The van der Waals surface area contributed by atoms with Gasteiger partial charge in [0.1, 0.15) is 0 Å². The highest BCUT2D eigenvalue weighted by atomic mass is 32.1. The summed E-state index contributed by atoms with van der Waals surface area (Å²) in [6, 6.07) is 23.9. The number of thiophene rings is 1. The molecular formula is C19H19NS. The van der Waals surface area contributed by atoms with Gasteiger partial charge < -0.3 is 5.32 Å². The maximum Gasteiger partial charge on any atom is 0.0603 e. The van der Waals surface area contributed by atoms with Crippen molar-refractivity contribution in [1.82, 2.24) is 0 Å². The number of hydrogen-bond acceptors (Lipinski definition) is 2. The minimum absolute atomic E-state index is 0.396. The van der Waals surface area contributed by atoms with Crippen molar-refractivity contribution in [1.29, 1.82) is 0 Å². The zero-order valence-corrected chi connectivity index (χ0v) is 12.9. The van der Waals surface area contributed by atoms with E-state index in [1.165, 1.54) is 21.7 Å². The van der Waals surface area contributed by atoms with Crippen LogP contribution in [0.5, 0.6) is 0 Å². The van der Waals surface area contributed by atoms with E-state index in [0.29, 0.717) is 6.04 Å². The zero-order valence-electron chi connectivity index (χ0n) is 12.1. The molecule has 21 heavy (non-hydrogen) atoms. The molecule has 0 aliphatic rings. The third-order valence-corrected chi connectivity index (χ3v) is 4.61. The molecule has 1 atom stereocenters. The van der Waals surface area contributed by atoms with Gasteiger partial charge in [0.05, 0.1) is 6.04 Å². The van der Waals surface area contributed by atoms with E-state index in [1.54, 1.807) is 0 Å². The summed E-state index contributed by atoms with van der Waals surface area (Å²) in [5, 5.41) is 5.76. The van der Waals surface area contributed by atoms with Crippen molar-refractivity contribution < 1.29 is 0 Å². The lowest BCUT2D eigenvalue weighted by Crippen LogP contribution is -2.07. The summed E-state index contributed by atoms with van der Waals surface area (Å²) in [5.41, 5.74) is 3.69. The van der Waals surface area contributed by atoms with Gasteiger partial charge in [-0.25, -0.2) is 0 Å². The largest absolute Gasteiger partial charge is 0.377 e. The first kappa shape index (κ1) is 13.9. The van der Waals surface area contributed by atoms with Gasteiger partial charge in [-0.2, -0.15) is 0 Å². The minimum atomic E-state index is 0.396. The Kier molecular flexibility index (Phi) is 4.37. The highest BCUT2D eigenvalue weighted by Gasteiger charge is 2.09. The predicted molar refractivity (Wildman–Crippen MR) is 92.9 cm³/mol. The summed E-state index contributed by atoms with van der Waals surface area (Å²) in [6.07, 6.45) is 1.08. The van der Waals surface area contributed by atoms with Gasteiger partial charge >= 0.3 is 0 Å². The van der Waals surface area contributed by atoms with Crippen LogP contribution in [0.4, 0.5) is 5.69 Å². The average Bonchev–Trinajstić information content (AvgIpc) is 3.08. The molecule has 3 rings (SSSR count). The molecule has 3 aromatic rings. The molecule has 1 N–H and O–H groups in total. The van der Waals surface area contributed by atoms with Crippen LogP contribution in [0.2, 0.25) is 0 Å². The lowest BCUT2D eigenvalue weighted by atomic mass is 10.1. The summed E-state index contributed by atoms with van der Waals surface area (Å²) in [5.74, 6) is 0. The fourth-order valence-electron chi connectivity index (χ4n) is 2.45. The van der Waals surface area contributed by atoms with Crippen molar-refractivity contribution in [2.45, 2.75) is 19.4 Å². The van der Waals surface area contributed by atoms with Crippen molar-refractivity contribution in [2.75, 3.05) is 5.32 Å². The second-order valence-electron chi connectivity index (χ2n) is 5.06. The smallest absolute Gasteiger partial charge is 0.0603 e. The molecule has 1 unspecified atom stereocenters. The van der Waals surface area contributed by atoms with Gasteiger partial charge in [-0.05, 0) is 41.1 Å². The maximum atomic E-state index is 3.62. The Morgan fingerprint density at radius 3 is 2.19 bits per heavy atom. The van der Waals surface area contributed by atoms with Crippen molar-refractivity contribution in [3.8, 4) is 11.1 Å². The molecule has 0 saturated carbocycles. The SMILES string of the molecule is CCC(Nc1ccc(-c2ccccc2)cc1)c1cccs1. The summed E-state index contributed by atoms with van der Waals surface area (Å²) in [7, 11) is 0. The Hall–Kier alpha value is -2.06. The Bertz CT molecular complexity index is 657. The summed E-state index contributed by atoms with van der Waals surface area (Å²) >= 11 is 1.81. The standard InChI is InChI=1S/C19H19NS/c1-2-18(19-9-6-14-21-19)20-17-12-10-16(11-13-17)15-7-4-3-5-8-15/h3-14,18,20H,2H2,1H3. The van der Waals surface area contributed by atoms with Crippen LogP contribution >= 0.6 is 11.3 Å². The molecule has 2 heteroatoms. The third-order valence-electron chi connectivity index (χ3n) is 3.63. The molecule has 106 valence electrons. The Morgan fingerprint density at radius 1 is 0.857 bits per heavy atom. The van der Waals surface area contributed by atoms with E-state index in [9.17, 15) is 0 Å². The van der Waals surface area contributed by atoms with Gasteiger partial charge in [-0.3, -0.25) is 0 Å². The Labute approximate surface area is 130 Å². The molecule has 0 spiro atoms. The van der Waals surface area contributed by atoms with E-state index in [2.05, 4.69) is 78.3 Å². The molecule has 1 aromatic heterocycles. The van der Waals surface area contributed by atoms with Gasteiger partial charge in [0.2, 0.25) is 0 Å². The highest BCUT2D eigenvalue weighted by Crippen LogP contribution is 2.27. The highest BCUT2D eigenvalue weighted by molar-refractivity contribution is 7.10. The third kappa shape index (κ3) is 3.34. The van der Waals surface area contributed by atoms with E-state index in [-0.39, 0.29) is 0 Å². The van der Waals surface area contributed by atoms with E-state index in [1.807, 2.05) is 17.4 Å². The molecule has 0 amide bonds. The topological polar surface area (TPSA) is 12.0 Å². The number of rotatable bonds is 5. The number of benzene rings is 2. The van der Waals surface area contributed by atoms with E-state index < -0.39 is 0 Å². The summed E-state index contributed by atoms with van der Waals surface area (Å²) < 4.78 is 0. The molecule has 0 aliphatic heterocycles. The molecule has 0 bridgehead atoms. The molecule has 0 saturated heterocycles. The lowest BCUT2D eigenvalue weighted by Gasteiger charge is -2.17. The number of anilines is 1. The first-order chi connectivity index (χ1) is 10.4. The quantitative estimate of drug-likeness (QED) is 0.610. The van der Waals surface area contributed by atoms with Crippen molar-refractivity contribution in [2.24, 2.45) is 0 Å². The van der Waals surface area contributed by atoms with Crippen molar-refractivity contribution in [3.05, 3.63) is 77.0 Å². The van der Waals surface area contributed by atoms with E-state index in [4.69, 9.17) is 0 Å². The second-order valence-corrected chi connectivity index (χ2v) is 6.04. The van der Waals surface area contributed by atoms with Crippen LogP contribution < -0.4 is 5.32 Å². The minimum Gasteiger partial charge on any atom is -0.377 e. The fraction of sp³-hybridized carbons (Fsp3) is 0.158. The van der Waals surface area contributed by atoms with Gasteiger partial charge in [0, 0.05) is 10.6 Å².